The number of rotatable bonds is 3. The van der Waals surface area contributed by atoms with E-state index in [0.29, 0.717) is 6.04 Å². The van der Waals surface area contributed by atoms with Crippen LogP contribution >= 0.6 is 11.3 Å². The maximum absolute atomic E-state index is 6.36. The average molecular weight is 278 g/mol. The molecule has 1 aliphatic heterocycles. The summed E-state index contributed by atoms with van der Waals surface area (Å²) >= 11 is 1.89. The van der Waals surface area contributed by atoms with Gasteiger partial charge in [0.15, 0.2) is 0 Å². The van der Waals surface area contributed by atoms with Crippen LogP contribution in [-0.2, 0) is 0 Å². The predicted molar refractivity (Wildman–Crippen MR) is 82.5 cm³/mol. The topological polar surface area (TPSA) is 29.3 Å². The molecule has 0 amide bonds. The molecule has 2 nitrogen and oxygen atoms in total. The van der Waals surface area contributed by atoms with Gasteiger partial charge in [0.25, 0.3) is 0 Å². The molecule has 2 heterocycles. The number of likely N-dealkylation sites (tertiary alicyclic amines) is 1. The van der Waals surface area contributed by atoms with Crippen LogP contribution in [0.4, 0.5) is 0 Å². The maximum atomic E-state index is 6.36. The minimum absolute atomic E-state index is 0.220. The van der Waals surface area contributed by atoms with Crippen molar-refractivity contribution >= 4 is 11.3 Å². The molecule has 1 saturated carbocycles. The van der Waals surface area contributed by atoms with Crippen molar-refractivity contribution in [1.82, 2.24) is 4.90 Å². The number of hydrogen-bond donors (Lipinski definition) is 1. The summed E-state index contributed by atoms with van der Waals surface area (Å²) in [5.41, 5.74) is 7.79. The van der Waals surface area contributed by atoms with Crippen molar-refractivity contribution in [2.24, 2.45) is 11.7 Å². The standard InChI is InChI=1S/C16H26N2S/c1-11-8-10-19-16(11)15(12(2)17)18-9-7-13-5-3-4-6-14(13)18/h8,10,12-15H,3-7,9,17H2,1-2H3. The quantitative estimate of drug-likeness (QED) is 0.913. The van der Waals surface area contributed by atoms with Crippen LogP contribution in [0.2, 0.25) is 0 Å². The highest BCUT2D eigenvalue weighted by Crippen LogP contribution is 2.42. The lowest BCUT2D eigenvalue weighted by molar-refractivity contribution is 0.120. The van der Waals surface area contributed by atoms with Gasteiger partial charge >= 0.3 is 0 Å². The summed E-state index contributed by atoms with van der Waals surface area (Å²) in [6, 6.07) is 3.70. The third-order valence-electron chi connectivity index (χ3n) is 5.08. The van der Waals surface area contributed by atoms with Gasteiger partial charge in [0, 0.05) is 17.0 Å². The number of nitrogens with two attached hydrogens (primary N) is 1. The zero-order valence-electron chi connectivity index (χ0n) is 12.1. The van der Waals surface area contributed by atoms with E-state index < -0.39 is 0 Å². The Balaban J connectivity index is 1.87. The number of fused-ring (bicyclic) bond motifs is 1. The van der Waals surface area contributed by atoms with Gasteiger partial charge in [-0.25, -0.2) is 0 Å². The summed E-state index contributed by atoms with van der Waals surface area (Å²) < 4.78 is 0. The van der Waals surface area contributed by atoms with Gasteiger partial charge in [-0.3, -0.25) is 4.90 Å². The second-order valence-corrected chi connectivity index (χ2v) is 7.36. The Hall–Kier alpha value is -0.380. The van der Waals surface area contributed by atoms with Gasteiger partial charge in [-0.1, -0.05) is 12.8 Å². The van der Waals surface area contributed by atoms with E-state index >= 15 is 0 Å². The number of thiophene rings is 1. The second kappa shape index (κ2) is 5.55. The van der Waals surface area contributed by atoms with E-state index in [1.807, 2.05) is 11.3 Å². The van der Waals surface area contributed by atoms with E-state index in [0.717, 1.165) is 12.0 Å². The van der Waals surface area contributed by atoms with Crippen LogP contribution in [0.5, 0.6) is 0 Å². The molecule has 3 heteroatoms. The molecular formula is C16H26N2S. The van der Waals surface area contributed by atoms with Gasteiger partial charge in [0.2, 0.25) is 0 Å². The fourth-order valence-corrected chi connectivity index (χ4v) is 5.33. The first-order chi connectivity index (χ1) is 9.18. The first-order valence-electron chi connectivity index (χ1n) is 7.74. The van der Waals surface area contributed by atoms with E-state index in [1.165, 1.54) is 49.1 Å². The van der Waals surface area contributed by atoms with Crippen LogP contribution in [0.3, 0.4) is 0 Å². The van der Waals surface area contributed by atoms with Crippen molar-refractivity contribution in [3.8, 4) is 0 Å². The van der Waals surface area contributed by atoms with Crippen LogP contribution in [0.25, 0.3) is 0 Å². The molecule has 1 aliphatic carbocycles. The molecule has 2 N–H and O–H groups in total. The van der Waals surface area contributed by atoms with E-state index in [2.05, 4.69) is 30.2 Å². The normalized spacial score (nSPS) is 31.1. The number of hydrogen-bond acceptors (Lipinski definition) is 3. The summed E-state index contributed by atoms with van der Waals surface area (Å²) in [6.07, 6.45) is 7.07. The van der Waals surface area contributed by atoms with Crippen molar-refractivity contribution in [2.45, 2.75) is 64.1 Å². The molecule has 1 aromatic rings. The Kier molecular flexibility index (Phi) is 3.97. The summed E-state index contributed by atoms with van der Waals surface area (Å²) in [6.45, 7) is 5.66. The van der Waals surface area contributed by atoms with Crippen molar-refractivity contribution < 1.29 is 0 Å². The highest BCUT2D eigenvalue weighted by atomic mass is 32.1. The lowest BCUT2D eigenvalue weighted by Gasteiger charge is -2.38. The third-order valence-corrected chi connectivity index (χ3v) is 6.17. The van der Waals surface area contributed by atoms with E-state index in [4.69, 9.17) is 5.73 Å². The molecule has 19 heavy (non-hydrogen) atoms. The fourth-order valence-electron chi connectivity index (χ4n) is 4.17. The largest absolute Gasteiger partial charge is 0.326 e. The molecule has 2 aliphatic rings. The summed E-state index contributed by atoms with van der Waals surface area (Å²) in [5, 5.41) is 2.22. The molecule has 0 radical (unpaired) electrons. The Morgan fingerprint density at radius 1 is 1.32 bits per heavy atom. The van der Waals surface area contributed by atoms with Crippen molar-refractivity contribution in [3.05, 3.63) is 21.9 Å². The number of nitrogens with zero attached hydrogens (tertiary/aromatic N) is 1. The molecule has 2 fully saturated rings. The zero-order valence-corrected chi connectivity index (χ0v) is 13.0. The third kappa shape index (κ3) is 2.48. The lowest BCUT2D eigenvalue weighted by atomic mass is 9.84. The molecule has 4 unspecified atom stereocenters. The lowest BCUT2D eigenvalue weighted by Crippen LogP contribution is -2.44. The molecule has 0 aromatic carbocycles. The average Bonchev–Trinajstić information content (AvgIpc) is 2.98. The van der Waals surface area contributed by atoms with E-state index in [-0.39, 0.29) is 6.04 Å². The predicted octanol–water partition coefficient (Wildman–Crippen LogP) is 3.71. The molecule has 106 valence electrons. The first kappa shape index (κ1) is 13.6. The SMILES string of the molecule is Cc1ccsc1C(C(C)N)N1CCC2CCCCC21. The molecule has 0 bridgehead atoms. The Labute approximate surface area is 121 Å². The van der Waals surface area contributed by atoms with Crippen LogP contribution < -0.4 is 5.73 Å². The summed E-state index contributed by atoms with van der Waals surface area (Å²) in [4.78, 5) is 4.24. The van der Waals surface area contributed by atoms with Gasteiger partial charge in [-0.2, -0.15) is 0 Å². The Bertz CT molecular complexity index is 426. The fraction of sp³-hybridized carbons (Fsp3) is 0.750. The Morgan fingerprint density at radius 3 is 2.79 bits per heavy atom. The van der Waals surface area contributed by atoms with Gasteiger partial charge in [0.05, 0.1) is 6.04 Å². The van der Waals surface area contributed by atoms with Gasteiger partial charge in [0.1, 0.15) is 0 Å². The van der Waals surface area contributed by atoms with E-state index in [9.17, 15) is 0 Å². The molecule has 3 rings (SSSR count). The number of aryl methyl sites for hydroxylation is 1. The van der Waals surface area contributed by atoms with Gasteiger partial charge in [-0.05, 0) is 62.6 Å². The van der Waals surface area contributed by atoms with Crippen LogP contribution in [-0.4, -0.2) is 23.5 Å². The van der Waals surface area contributed by atoms with E-state index in [1.54, 1.807) is 0 Å². The van der Waals surface area contributed by atoms with Crippen molar-refractivity contribution in [3.63, 3.8) is 0 Å². The first-order valence-corrected chi connectivity index (χ1v) is 8.61. The van der Waals surface area contributed by atoms with Gasteiger partial charge in [-0.15, -0.1) is 11.3 Å². The van der Waals surface area contributed by atoms with Crippen LogP contribution in [0.15, 0.2) is 11.4 Å². The summed E-state index contributed by atoms with van der Waals surface area (Å²) in [7, 11) is 0. The molecule has 0 spiro atoms. The van der Waals surface area contributed by atoms with Crippen molar-refractivity contribution in [1.29, 1.82) is 0 Å². The summed E-state index contributed by atoms with van der Waals surface area (Å²) in [5.74, 6) is 0.940. The minimum Gasteiger partial charge on any atom is -0.326 e. The molecule has 4 atom stereocenters. The highest BCUT2D eigenvalue weighted by Gasteiger charge is 2.41. The monoisotopic (exact) mass is 278 g/mol. The van der Waals surface area contributed by atoms with Crippen molar-refractivity contribution in [2.75, 3.05) is 6.54 Å². The van der Waals surface area contributed by atoms with Crippen LogP contribution in [0, 0.1) is 12.8 Å². The van der Waals surface area contributed by atoms with Gasteiger partial charge < -0.3 is 5.73 Å². The Morgan fingerprint density at radius 2 is 2.11 bits per heavy atom. The molecular weight excluding hydrogens is 252 g/mol. The maximum Gasteiger partial charge on any atom is 0.0595 e. The highest BCUT2D eigenvalue weighted by molar-refractivity contribution is 7.10. The second-order valence-electron chi connectivity index (χ2n) is 6.41. The molecule has 1 saturated heterocycles. The molecule has 1 aromatic heterocycles. The zero-order chi connectivity index (χ0) is 13.4. The smallest absolute Gasteiger partial charge is 0.0595 e. The minimum atomic E-state index is 0.220. The van der Waals surface area contributed by atoms with Crippen LogP contribution in [0.1, 0.15) is 55.5 Å².